The molecule has 1 unspecified atom stereocenters. The van der Waals surface area contributed by atoms with Gasteiger partial charge in [-0.3, -0.25) is 4.79 Å². The van der Waals surface area contributed by atoms with E-state index in [9.17, 15) is 9.90 Å². The number of benzene rings is 3. The second-order valence-corrected chi connectivity index (χ2v) is 10.1. The van der Waals surface area contributed by atoms with Gasteiger partial charge in [0.15, 0.2) is 5.60 Å². The maximum absolute atomic E-state index is 12.8. The van der Waals surface area contributed by atoms with Crippen LogP contribution in [0.25, 0.3) is 22.0 Å². The summed E-state index contributed by atoms with van der Waals surface area (Å²) in [5.41, 5.74) is 9.46. The van der Waals surface area contributed by atoms with Crippen LogP contribution in [0, 0.1) is 0 Å². The van der Waals surface area contributed by atoms with E-state index < -0.39 is 5.60 Å². The Morgan fingerprint density at radius 1 is 1.05 bits per heavy atom. The van der Waals surface area contributed by atoms with E-state index in [1.807, 2.05) is 74.8 Å². The zero-order chi connectivity index (χ0) is 27.6. The number of nitrogens with zero attached hydrogens (tertiary/aromatic N) is 3. The number of nitrogens with two attached hydrogens (primary N) is 1. The smallest absolute Gasteiger partial charge is 0.251 e. The number of fused-ring (bicyclic) bond motifs is 1. The van der Waals surface area contributed by atoms with Crippen molar-refractivity contribution in [2.45, 2.75) is 12.1 Å². The Labute approximate surface area is 228 Å². The Morgan fingerprint density at radius 3 is 2.34 bits per heavy atom. The van der Waals surface area contributed by atoms with Crippen LogP contribution in [0.2, 0.25) is 5.02 Å². The molecule has 0 fully saturated rings. The Bertz CT molecular complexity index is 1570. The van der Waals surface area contributed by atoms with E-state index in [1.54, 1.807) is 41.9 Å². The molecule has 1 atom stereocenters. The minimum Gasteiger partial charge on any atom is -0.403 e. The highest BCUT2D eigenvalue weighted by molar-refractivity contribution is 6.30. The van der Waals surface area contributed by atoms with Gasteiger partial charge in [-0.1, -0.05) is 60.6 Å². The molecule has 0 aliphatic carbocycles. The van der Waals surface area contributed by atoms with Gasteiger partial charge >= 0.3 is 0 Å². The predicted molar refractivity (Wildman–Crippen MR) is 157 cm³/mol. The van der Waals surface area contributed by atoms with Crippen LogP contribution in [-0.2, 0) is 19.2 Å². The zero-order valence-corrected chi connectivity index (χ0v) is 22.9. The molecule has 196 valence electrons. The van der Waals surface area contributed by atoms with E-state index in [2.05, 4.69) is 11.5 Å². The number of pyridine rings is 1. The van der Waals surface area contributed by atoms with Gasteiger partial charge in [0.05, 0.1) is 11.2 Å². The Kier molecular flexibility index (Phi) is 7.78. The molecule has 3 N–H and O–H groups in total. The Morgan fingerprint density at radius 2 is 1.74 bits per heavy atom. The molecule has 0 radical (unpaired) electrons. The number of aromatic nitrogens is 1. The van der Waals surface area contributed by atoms with Crippen molar-refractivity contribution in [2.24, 2.45) is 12.8 Å². The van der Waals surface area contributed by atoms with Gasteiger partial charge in [0, 0.05) is 43.3 Å². The van der Waals surface area contributed by atoms with E-state index in [4.69, 9.17) is 17.3 Å². The molecule has 0 aliphatic heterocycles. The summed E-state index contributed by atoms with van der Waals surface area (Å²) in [6, 6.07) is 22.4. The van der Waals surface area contributed by atoms with Crippen molar-refractivity contribution in [2.75, 3.05) is 21.1 Å². The standard InChI is InChI=1S/C31H33ClN4O2/c1-6-35(4)29(19-33)31(38,23-12-10-21(11-13-23)20-34(2)3)24-14-15-28-27(17-24)26(18-30(37)36(28)5)22-8-7-9-25(32)16-22/h6-19,38H,1,20,33H2,2-5H3/b29-19-. The van der Waals surface area contributed by atoms with Crippen LogP contribution in [-0.4, -0.2) is 40.6 Å². The molecule has 0 saturated heterocycles. The van der Waals surface area contributed by atoms with Crippen LogP contribution in [0.5, 0.6) is 0 Å². The normalized spacial score (nSPS) is 13.5. The van der Waals surface area contributed by atoms with Gasteiger partial charge in [-0.25, -0.2) is 0 Å². The van der Waals surface area contributed by atoms with Crippen molar-refractivity contribution in [3.63, 3.8) is 0 Å². The molecule has 3 aromatic carbocycles. The largest absolute Gasteiger partial charge is 0.403 e. The van der Waals surface area contributed by atoms with Crippen molar-refractivity contribution in [1.29, 1.82) is 0 Å². The van der Waals surface area contributed by atoms with Crippen LogP contribution in [0.1, 0.15) is 16.7 Å². The lowest BCUT2D eigenvalue weighted by atomic mass is 9.81. The lowest BCUT2D eigenvalue weighted by Gasteiger charge is -2.36. The summed E-state index contributed by atoms with van der Waals surface area (Å²) in [5, 5.41) is 13.9. The van der Waals surface area contributed by atoms with Gasteiger partial charge in [-0.2, -0.15) is 0 Å². The molecular formula is C31H33ClN4O2. The zero-order valence-electron chi connectivity index (χ0n) is 22.1. The first-order valence-corrected chi connectivity index (χ1v) is 12.6. The summed E-state index contributed by atoms with van der Waals surface area (Å²) < 4.78 is 1.60. The summed E-state index contributed by atoms with van der Waals surface area (Å²) in [4.78, 5) is 16.6. The topological polar surface area (TPSA) is 74.7 Å². The lowest BCUT2D eigenvalue weighted by molar-refractivity contribution is 0.0968. The van der Waals surface area contributed by atoms with Crippen molar-refractivity contribution >= 4 is 22.5 Å². The van der Waals surface area contributed by atoms with E-state index in [0.717, 1.165) is 34.1 Å². The van der Waals surface area contributed by atoms with Crippen LogP contribution in [0.3, 0.4) is 0 Å². The minimum atomic E-state index is -1.61. The van der Waals surface area contributed by atoms with Crippen LogP contribution in [0.4, 0.5) is 0 Å². The Hall–Kier alpha value is -3.84. The summed E-state index contributed by atoms with van der Waals surface area (Å²) in [7, 11) is 7.55. The van der Waals surface area contributed by atoms with Crippen molar-refractivity contribution in [3.05, 3.63) is 130 Å². The van der Waals surface area contributed by atoms with Crippen LogP contribution < -0.4 is 11.3 Å². The van der Waals surface area contributed by atoms with E-state index in [0.29, 0.717) is 21.8 Å². The number of rotatable bonds is 8. The molecule has 0 aliphatic rings. The first kappa shape index (κ1) is 27.2. The Balaban J connectivity index is 2.02. The summed E-state index contributed by atoms with van der Waals surface area (Å²) in [6.45, 7) is 4.65. The maximum Gasteiger partial charge on any atom is 0.251 e. The summed E-state index contributed by atoms with van der Waals surface area (Å²) >= 11 is 6.29. The molecule has 4 rings (SSSR count). The van der Waals surface area contributed by atoms with Crippen LogP contribution in [0.15, 0.2) is 102 Å². The highest BCUT2D eigenvalue weighted by atomic mass is 35.5. The molecular weight excluding hydrogens is 496 g/mol. The fraction of sp³-hybridized carbons (Fsp3) is 0.194. The van der Waals surface area contributed by atoms with E-state index in [1.165, 1.54) is 6.20 Å². The molecule has 0 bridgehead atoms. The first-order valence-electron chi connectivity index (χ1n) is 12.2. The van der Waals surface area contributed by atoms with Crippen molar-refractivity contribution < 1.29 is 5.11 Å². The molecule has 0 spiro atoms. The molecule has 4 aromatic rings. The number of hydrogen-bond donors (Lipinski definition) is 2. The SMILES string of the molecule is C=CN(C)/C(=C\N)C(O)(c1ccc(CN(C)C)cc1)c1ccc2c(c1)c(-c1cccc(Cl)c1)cc(=O)n2C. The number of halogens is 1. The summed E-state index contributed by atoms with van der Waals surface area (Å²) in [5.74, 6) is 0. The van der Waals surface area contributed by atoms with Crippen LogP contribution >= 0.6 is 11.6 Å². The highest BCUT2D eigenvalue weighted by Crippen LogP contribution is 2.40. The van der Waals surface area contributed by atoms with E-state index >= 15 is 0 Å². The molecule has 0 amide bonds. The third-order valence-corrected chi connectivity index (χ3v) is 7.09. The third kappa shape index (κ3) is 4.98. The average Bonchev–Trinajstić information content (AvgIpc) is 2.90. The second-order valence-electron chi connectivity index (χ2n) is 9.69. The molecule has 6 nitrogen and oxygen atoms in total. The fourth-order valence-corrected chi connectivity index (χ4v) is 5.04. The maximum atomic E-state index is 12.8. The average molecular weight is 529 g/mol. The van der Waals surface area contributed by atoms with Gasteiger partial charge in [0.2, 0.25) is 0 Å². The molecule has 0 saturated carbocycles. The van der Waals surface area contributed by atoms with Gasteiger partial charge in [0.25, 0.3) is 5.56 Å². The molecule has 1 aromatic heterocycles. The minimum absolute atomic E-state index is 0.138. The van der Waals surface area contributed by atoms with Gasteiger partial charge in [0.1, 0.15) is 0 Å². The van der Waals surface area contributed by atoms with Crippen molar-refractivity contribution in [3.8, 4) is 11.1 Å². The predicted octanol–water partition coefficient (Wildman–Crippen LogP) is 5.03. The van der Waals surface area contributed by atoms with E-state index in [-0.39, 0.29) is 5.56 Å². The van der Waals surface area contributed by atoms with Gasteiger partial charge in [-0.15, -0.1) is 0 Å². The van der Waals surface area contributed by atoms with Gasteiger partial charge < -0.3 is 25.2 Å². The first-order chi connectivity index (χ1) is 18.1. The molecule has 38 heavy (non-hydrogen) atoms. The number of likely N-dealkylation sites (N-methyl/N-ethyl adjacent to an activating group) is 1. The quantitative estimate of drug-likeness (QED) is 0.335. The number of aryl methyl sites for hydroxylation is 1. The summed E-state index contributed by atoms with van der Waals surface area (Å²) in [6.07, 6.45) is 3.00. The molecule has 7 heteroatoms. The highest BCUT2D eigenvalue weighted by Gasteiger charge is 2.38. The third-order valence-electron chi connectivity index (χ3n) is 6.85. The van der Waals surface area contributed by atoms with Crippen molar-refractivity contribution in [1.82, 2.24) is 14.4 Å². The molecule has 1 heterocycles. The lowest BCUT2D eigenvalue weighted by Crippen LogP contribution is -2.37. The fourth-order valence-electron chi connectivity index (χ4n) is 4.85. The second kappa shape index (κ2) is 10.9. The number of aliphatic hydroxyl groups is 1. The monoisotopic (exact) mass is 528 g/mol. The number of hydrogen-bond acceptors (Lipinski definition) is 5. The van der Waals surface area contributed by atoms with Gasteiger partial charge in [-0.05, 0) is 72.4 Å².